The van der Waals surface area contributed by atoms with E-state index in [4.69, 9.17) is 0 Å². The average Bonchev–Trinajstić information content (AvgIpc) is 3.34. The summed E-state index contributed by atoms with van der Waals surface area (Å²) in [7, 11) is 0. The fourth-order valence-electron chi connectivity index (χ4n) is 4.32. The molecule has 180 valence electrons. The van der Waals surface area contributed by atoms with Crippen molar-refractivity contribution in [1.82, 2.24) is 29.4 Å². The number of aromatic nitrogens is 4. The van der Waals surface area contributed by atoms with Gasteiger partial charge in [-0.15, -0.1) is 5.10 Å². The zero-order valence-electron chi connectivity index (χ0n) is 16.9. The molecule has 4 rings (SSSR count). The maximum absolute atomic E-state index is 13.1. The van der Waals surface area contributed by atoms with Gasteiger partial charge in [0.25, 0.3) is 17.8 Å². The Hall–Kier alpha value is -3.13. The standard InChI is InChI=1S/C18H18F6N6O3/c19-17(20,21)13(18(22,23)24)33-15(32)28-9-4-16(5-10-28)3-1-7-29(16)12(31)11-26-14-25-6-2-8-30(14)27-11/h2,6,8,13H,1,3-5,7,9-10H2. The molecule has 9 nitrogen and oxygen atoms in total. The second-order valence-corrected chi connectivity index (χ2v) is 7.92. The highest BCUT2D eigenvalue weighted by atomic mass is 19.4. The number of alkyl halides is 6. The third-order valence-corrected chi connectivity index (χ3v) is 5.92. The first kappa shape index (κ1) is 23.0. The maximum atomic E-state index is 13.1. The molecule has 4 heterocycles. The van der Waals surface area contributed by atoms with Crippen molar-refractivity contribution in [3.8, 4) is 0 Å². The summed E-state index contributed by atoms with van der Waals surface area (Å²) in [4.78, 5) is 35.6. The van der Waals surface area contributed by atoms with E-state index in [-0.39, 0.29) is 37.5 Å². The molecule has 2 fully saturated rings. The molecule has 2 amide bonds. The predicted octanol–water partition coefficient (Wildman–Crippen LogP) is 2.82. The number of hydrogen-bond donors (Lipinski definition) is 0. The Balaban J connectivity index is 1.44. The van der Waals surface area contributed by atoms with Gasteiger partial charge in [-0.05, 0) is 31.7 Å². The predicted molar refractivity (Wildman–Crippen MR) is 97.0 cm³/mol. The summed E-state index contributed by atoms with van der Waals surface area (Å²) in [6, 6.07) is 1.62. The zero-order valence-corrected chi connectivity index (χ0v) is 16.9. The van der Waals surface area contributed by atoms with Gasteiger partial charge >= 0.3 is 18.4 Å². The summed E-state index contributed by atoms with van der Waals surface area (Å²) in [6.45, 7) is 0.0624. The highest BCUT2D eigenvalue weighted by Gasteiger charge is 2.60. The molecular formula is C18H18F6N6O3. The summed E-state index contributed by atoms with van der Waals surface area (Å²) < 4.78 is 81.2. The van der Waals surface area contributed by atoms with Crippen LogP contribution in [0.15, 0.2) is 18.5 Å². The molecule has 0 saturated carbocycles. The number of carbonyl (C=O) groups excluding carboxylic acids is 2. The van der Waals surface area contributed by atoms with Crippen LogP contribution in [0.25, 0.3) is 5.78 Å². The van der Waals surface area contributed by atoms with Crippen molar-refractivity contribution in [3.05, 3.63) is 24.3 Å². The fraction of sp³-hybridized carbons (Fsp3) is 0.611. The van der Waals surface area contributed by atoms with Crippen LogP contribution in [0.3, 0.4) is 0 Å². The summed E-state index contributed by atoms with van der Waals surface area (Å²) in [5, 5.41) is 4.11. The molecule has 2 aliphatic rings. The molecule has 0 atom stereocenters. The Morgan fingerprint density at radius 3 is 2.30 bits per heavy atom. The van der Waals surface area contributed by atoms with Gasteiger partial charge in [0.2, 0.25) is 5.82 Å². The number of ether oxygens (including phenoxy) is 1. The van der Waals surface area contributed by atoms with Crippen LogP contribution in [0.4, 0.5) is 31.1 Å². The summed E-state index contributed by atoms with van der Waals surface area (Å²) in [6.07, 6.45) is -12.8. The topological polar surface area (TPSA) is 92.9 Å². The van der Waals surface area contributed by atoms with Crippen molar-refractivity contribution in [3.63, 3.8) is 0 Å². The Morgan fingerprint density at radius 1 is 1.03 bits per heavy atom. The molecule has 2 aliphatic heterocycles. The van der Waals surface area contributed by atoms with Crippen molar-refractivity contribution >= 4 is 17.8 Å². The van der Waals surface area contributed by atoms with E-state index in [1.54, 1.807) is 17.2 Å². The number of amides is 2. The monoisotopic (exact) mass is 480 g/mol. The van der Waals surface area contributed by atoms with Crippen LogP contribution in [-0.2, 0) is 4.74 Å². The summed E-state index contributed by atoms with van der Waals surface area (Å²) in [5.41, 5.74) is -0.702. The van der Waals surface area contributed by atoms with E-state index in [1.807, 2.05) is 0 Å². The Kier molecular flexibility index (Phi) is 5.60. The average molecular weight is 480 g/mol. The molecule has 33 heavy (non-hydrogen) atoms. The van der Waals surface area contributed by atoms with Crippen molar-refractivity contribution in [1.29, 1.82) is 0 Å². The van der Waals surface area contributed by atoms with Crippen molar-refractivity contribution in [2.45, 2.75) is 49.7 Å². The molecular weight excluding hydrogens is 462 g/mol. The first-order chi connectivity index (χ1) is 15.4. The molecule has 0 radical (unpaired) electrons. The van der Waals surface area contributed by atoms with Crippen molar-refractivity contribution < 1.29 is 40.7 Å². The van der Waals surface area contributed by atoms with Gasteiger partial charge in [-0.25, -0.2) is 14.3 Å². The number of likely N-dealkylation sites (tertiary alicyclic amines) is 2. The molecule has 2 saturated heterocycles. The SMILES string of the molecule is O=C(OC(C(F)(F)F)C(F)(F)F)N1CCC2(CCCN2C(=O)c2nc3ncccn3n2)CC1. The van der Waals surface area contributed by atoms with Crippen LogP contribution in [-0.4, -0.2) is 85.0 Å². The molecule has 1 spiro atoms. The van der Waals surface area contributed by atoms with Gasteiger partial charge in [-0.3, -0.25) is 4.79 Å². The number of piperidine rings is 1. The maximum Gasteiger partial charge on any atom is 0.434 e. The van der Waals surface area contributed by atoms with Gasteiger partial charge in [-0.2, -0.15) is 31.3 Å². The second kappa shape index (κ2) is 8.02. The molecule has 0 N–H and O–H groups in total. The van der Waals surface area contributed by atoms with Crippen LogP contribution < -0.4 is 0 Å². The fourth-order valence-corrected chi connectivity index (χ4v) is 4.32. The lowest BCUT2D eigenvalue weighted by molar-refractivity contribution is -0.308. The number of nitrogens with zero attached hydrogens (tertiary/aromatic N) is 6. The molecule has 0 aliphatic carbocycles. The van der Waals surface area contributed by atoms with E-state index < -0.39 is 36.0 Å². The third kappa shape index (κ3) is 4.39. The molecule has 0 bridgehead atoms. The Labute approximate surface area is 182 Å². The Bertz CT molecular complexity index is 999. The summed E-state index contributed by atoms with van der Waals surface area (Å²) >= 11 is 0. The van der Waals surface area contributed by atoms with Crippen LogP contribution in [0.1, 0.15) is 36.3 Å². The van der Waals surface area contributed by atoms with Gasteiger partial charge in [-0.1, -0.05) is 0 Å². The summed E-state index contributed by atoms with van der Waals surface area (Å²) in [5.74, 6) is -0.297. The number of hydrogen-bond acceptors (Lipinski definition) is 6. The van der Waals surface area contributed by atoms with Gasteiger partial charge in [0.1, 0.15) is 0 Å². The van der Waals surface area contributed by atoms with Crippen LogP contribution in [0, 0.1) is 0 Å². The van der Waals surface area contributed by atoms with Crippen LogP contribution in [0.2, 0.25) is 0 Å². The van der Waals surface area contributed by atoms with Gasteiger partial charge in [0.05, 0.1) is 0 Å². The third-order valence-electron chi connectivity index (χ3n) is 5.92. The zero-order chi connectivity index (χ0) is 24.0. The minimum atomic E-state index is -5.78. The van der Waals surface area contributed by atoms with Crippen molar-refractivity contribution in [2.24, 2.45) is 0 Å². The van der Waals surface area contributed by atoms with Crippen LogP contribution >= 0.6 is 0 Å². The quantitative estimate of drug-likeness (QED) is 0.614. The first-order valence-corrected chi connectivity index (χ1v) is 9.99. The van der Waals surface area contributed by atoms with Gasteiger partial charge in [0.15, 0.2) is 0 Å². The lowest BCUT2D eigenvalue weighted by Crippen LogP contribution is -2.56. The first-order valence-electron chi connectivity index (χ1n) is 9.99. The van der Waals surface area contributed by atoms with Gasteiger partial charge < -0.3 is 14.5 Å². The normalized spacial score (nSPS) is 19.0. The minimum absolute atomic E-state index is 0.0741. The molecule has 0 aromatic carbocycles. The van der Waals surface area contributed by atoms with E-state index >= 15 is 0 Å². The number of fused-ring (bicyclic) bond motifs is 1. The highest BCUT2D eigenvalue weighted by molar-refractivity contribution is 5.91. The van der Waals surface area contributed by atoms with Crippen LogP contribution in [0.5, 0.6) is 0 Å². The molecule has 2 aromatic rings. The van der Waals surface area contributed by atoms with E-state index in [9.17, 15) is 35.9 Å². The smallest absolute Gasteiger partial charge is 0.426 e. The number of carbonyl (C=O) groups is 2. The van der Waals surface area contributed by atoms with Gasteiger partial charge in [0, 0.05) is 37.6 Å². The van der Waals surface area contributed by atoms with E-state index in [0.29, 0.717) is 19.4 Å². The van der Waals surface area contributed by atoms with Crippen molar-refractivity contribution in [2.75, 3.05) is 19.6 Å². The van der Waals surface area contributed by atoms with E-state index in [1.165, 1.54) is 10.7 Å². The lowest BCUT2D eigenvalue weighted by atomic mass is 9.85. The number of rotatable bonds is 2. The lowest BCUT2D eigenvalue weighted by Gasteiger charge is -2.44. The number of halogens is 6. The molecule has 15 heteroatoms. The largest absolute Gasteiger partial charge is 0.434 e. The molecule has 0 unspecified atom stereocenters. The van der Waals surface area contributed by atoms with E-state index in [2.05, 4.69) is 19.8 Å². The molecule has 2 aromatic heterocycles. The highest BCUT2D eigenvalue weighted by Crippen LogP contribution is 2.40. The Morgan fingerprint density at radius 2 is 1.70 bits per heavy atom. The van der Waals surface area contributed by atoms with E-state index in [0.717, 1.165) is 4.90 Å². The second-order valence-electron chi connectivity index (χ2n) is 7.92. The minimum Gasteiger partial charge on any atom is -0.426 e.